The minimum absolute atomic E-state index is 0.0860. The Kier molecular flexibility index (Phi) is 5.26. The van der Waals surface area contributed by atoms with Gasteiger partial charge in [0.05, 0.1) is 12.9 Å². The van der Waals surface area contributed by atoms with E-state index in [0.717, 1.165) is 33.1 Å². The Hall–Kier alpha value is -2.54. The van der Waals surface area contributed by atoms with Gasteiger partial charge in [-0.05, 0) is 54.3 Å². The van der Waals surface area contributed by atoms with Crippen molar-refractivity contribution in [3.63, 3.8) is 0 Å². The lowest BCUT2D eigenvalue weighted by Crippen LogP contribution is -2.27. The molecule has 1 amide bonds. The summed E-state index contributed by atoms with van der Waals surface area (Å²) in [6.45, 7) is 2.55. The maximum absolute atomic E-state index is 12.6. The molecule has 0 N–H and O–H groups in total. The lowest BCUT2D eigenvalue weighted by molar-refractivity contribution is -0.127. The molecule has 1 aromatic heterocycles. The van der Waals surface area contributed by atoms with Gasteiger partial charge in [-0.25, -0.2) is 0 Å². The molecule has 1 heterocycles. The van der Waals surface area contributed by atoms with Crippen molar-refractivity contribution in [2.75, 3.05) is 19.9 Å². The average Bonchev–Trinajstić information content (AvgIpc) is 3.47. The van der Waals surface area contributed by atoms with Crippen molar-refractivity contribution < 1.29 is 9.53 Å². The van der Waals surface area contributed by atoms with Gasteiger partial charge in [0, 0.05) is 19.6 Å². The first kappa shape index (κ1) is 18.8. The second-order valence-corrected chi connectivity index (χ2v) is 8.16. The fourth-order valence-corrected chi connectivity index (χ4v) is 4.29. The van der Waals surface area contributed by atoms with Gasteiger partial charge in [-0.1, -0.05) is 30.0 Å². The van der Waals surface area contributed by atoms with E-state index in [9.17, 15) is 4.79 Å². The molecule has 7 heteroatoms. The van der Waals surface area contributed by atoms with E-state index < -0.39 is 0 Å². The van der Waals surface area contributed by atoms with Crippen LogP contribution in [0.4, 0.5) is 0 Å². The summed E-state index contributed by atoms with van der Waals surface area (Å²) in [5.74, 6) is 2.23. The molecule has 0 saturated heterocycles. The number of benzene rings is 2. The molecule has 0 unspecified atom stereocenters. The fourth-order valence-electron chi connectivity index (χ4n) is 3.30. The predicted molar refractivity (Wildman–Crippen MR) is 111 cm³/mol. The van der Waals surface area contributed by atoms with E-state index in [4.69, 9.17) is 4.74 Å². The number of ether oxygens (including phenoxy) is 1. The van der Waals surface area contributed by atoms with Crippen molar-refractivity contribution in [2.45, 2.75) is 37.5 Å². The quantitative estimate of drug-likeness (QED) is 0.568. The van der Waals surface area contributed by atoms with Crippen LogP contribution >= 0.6 is 11.8 Å². The number of hydrogen-bond acceptors (Lipinski definition) is 5. The van der Waals surface area contributed by atoms with Crippen molar-refractivity contribution in [1.82, 2.24) is 19.7 Å². The van der Waals surface area contributed by atoms with E-state index in [2.05, 4.69) is 33.0 Å². The van der Waals surface area contributed by atoms with E-state index in [0.29, 0.717) is 18.3 Å². The van der Waals surface area contributed by atoms with Crippen LogP contribution in [-0.4, -0.2) is 45.5 Å². The van der Waals surface area contributed by atoms with Crippen molar-refractivity contribution >= 4 is 28.4 Å². The molecule has 2 aromatic carbocycles. The molecule has 6 nitrogen and oxygen atoms in total. The highest BCUT2D eigenvalue weighted by atomic mass is 32.2. The number of nitrogens with zero attached hydrogens (tertiary/aromatic N) is 4. The SMILES string of the molecule is COc1ccc2cc(CN(C)C(=O)CSc3nnc(C)n3C3CC3)ccc2c1. The summed E-state index contributed by atoms with van der Waals surface area (Å²) < 4.78 is 7.44. The lowest BCUT2D eigenvalue weighted by Gasteiger charge is -2.17. The van der Waals surface area contributed by atoms with Crippen LogP contribution in [0.25, 0.3) is 10.8 Å². The van der Waals surface area contributed by atoms with Gasteiger partial charge >= 0.3 is 0 Å². The minimum Gasteiger partial charge on any atom is -0.497 e. The van der Waals surface area contributed by atoms with E-state index in [1.54, 1.807) is 12.0 Å². The zero-order valence-corrected chi connectivity index (χ0v) is 17.2. The molecule has 3 aromatic rings. The summed E-state index contributed by atoms with van der Waals surface area (Å²) in [4.78, 5) is 14.4. The zero-order chi connectivity index (χ0) is 19.7. The van der Waals surface area contributed by atoms with Gasteiger partial charge in [0.25, 0.3) is 0 Å². The maximum Gasteiger partial charge on any atom is 0.233 e. The molecule has 0 radical (unpaired) electrons. The van der Waals surface area contributed by atoms with Crippen LogP contribution < -0.4 is 4.74 Å². The monoisotopic (exact) mass is 396 g/mol. The number of hydrogen-bond donors (Lipinski definition) is 0. The molecule has 1 saturated carbocycles. The largest absolute Gasteiger partial charge is 0.497 e. The first-order valence-electron chi connectivity index (χ1n) is 9.40. The van der Waals surface area contributed by atoms with Gasteiger partial charge in [0.1, 0.15) is 11.6 Å². The number of carbonyl (C=O) groups excluding carboxylic acids is 1. The van der Waals surface area contributed by atoms with Crippen molar-refractivity contribution in [2.24, 2.45) is 0 Å². The number of amides is 1. The summed E-state index contributed by atoms with van der Waals surface area (Å²) in [7, 11) is 3.51. The highest BCUT2D eigenvalue weighted by Gasteiger charge is 2.28. The number of aromatic nitrogens is 3. The fraction of sp³-hybridized carbons (Fsp3) is 0.381. The molecule has 28 heavy (non-hydrogen) atoms. The van der Waals surface area contributed by atoms with E-state index in [1.165, 1.54) is 24.6 Å². The number of carbonyl (C=O) groups is 1. The van der Waals surface area contributed by atoms with Gasteiger partial charge < -0.3 is 14.2 Å². The normalized spacial score (nSPS) is 13.7. The molecule has 0 aliphatic heterocycles. The van der Waals surface area contributed by atoms with Crippen molar-refractivity contribution in [3.05, 3.63) is 47.8 Å². The topological polar surface area (TPSA) is 60.2 Å². The van der Waals surface area contributed by atoms with Gasteiger partial charge in [-0.3, -0.25) is 4.79 Å². The van der Waals surface area contributed by atoms with Crippen LogP contribution in [-0.2, 0) is 11.3 Å². The average molecular weight is 397 g/mol. The molecule has 4 rings (SSSR count). The summed E-state index contributed by atoms with van der Waals surface area (Å²) in [5, 5.41) is 11.5. The van der Waals surface area contributed by atoms with Crippen LogP contribution in [0.5, 0.6) is 5.75 Å². The summed E-state index contributed by atoms with van der Waals surface area (Å²) in [6, 6.07) is 12.8. The molecule has 1 fully saturated rings. The van der Waals surface area contributed by atoms with Crippen molar-refractivity contribution in [1.29, 1.82) is 0 Å². The first-order chi connectivity index (χ1) is 13.5. The highest BCUT2D eigenvalue weighted by Crippen LogP contribution is 2.38. The minimum atomic E-state index is 0.0860. The maximum atomic E-state index is 12.6. The first-order valence-corrected chi connectivity index (χ1v) is 10.4. The van der Waals surface area contributed by atoms with Crippen LogP contribution in [0.2, 0.25) is 0 Å². The third-order valence-electron chi connectivity index (χ3n) is 5.03. The Bertz CT molecular complexity index is 1010. The summed E-state index contributed by atoms with van der Waals surface area (Å²) in [5.41, 5.74) is 1.11. The van der Waals surface area contributed by atoms with Crippen LogP contribution in [0.3, 0.4) is 0 Å². The van der Waals surface area contributed by atoms with E-state index >= 15 is 0 Å². The van der Waals surface area contributed by atoms with E-state index in [-0.39, 0.29) is 5.91 Å². The van der Waals surface area contributed by atoms with Crippen molar-refractivity contribution in [3.8, 4) is 5.75 Å². The Balaban J connectivity index is 1.38. The molecule has 0 bridgehead atoms. The Labute approximate surface area is 168 Å². The zero-order valence-electron chi connectivity index (χ0n) is 16.4. The number of rotatable bonds is 7. The van der Waals surface area contributed by atoms with Gasteiger partial charge in [0.15, 0.2) is 5.16 Å². The summed E-state index contributed by atoms with van der Waals surface area (Å²) in [6.07, 6.45) is 2.35. The molecule has 0 spiro atoms. The number of thioether (sulfide) groups is 1. The molecular weight excluding hydrogens is 372 g/mol. The Morgan fingerprint density at radius 1 is 1.21 bits per heavy atom. The number of aryl methyl sites for hydroxylation is 1. The number of methoxy groups -OCH3 is 1. The number of fused-ring (bicyclic) bond motifs is 1. The molecule has 1 aliphatic carbocycles. The van der Waals surface area contributed by atoms with Gasteiger partial charge in [-0.2, -0.15) is 0 Å². The molecule has 0 atom stereocenters. The smallest absolute Gasteiger partial charge is 0.233 e. The molecular formula is C21H24N4O2S. The Morgan fingerprint density at radius 2 is 1.96 bits per heavy atom. The highest BCUT2D eigenvalue weighted by molar-refractivity contribution is 7.99. The van der Waals surface area contributed by atoms with Crippen LogP contribution in [0, 0.1) is 6.92 Å². The summed E-state index contributed by atoms with van der Waals surface area (Å²) >= 11 is 1.47. The van der Waals surface area contributed by atoms with Gasteiger partial charge in [0.2, 0.25) is 5.91 Å². The molecule has 1 aliphatic rings. The molecule has 146 valence electrons. The lowest BCUT2D eigenvalue weighted by atomic mass is 10.1. The van der Waals surface area contributed by atoms with Crippen LogP contribution in [0.15, 0.2) is 41.6 Å². The third kappa shape index (κ3) is 3.99. The standard InChI is InChI=1S/C21H24N4O2S/c1-14-22-23-21(25(14)18-7-8-18)28-13-20(26)24(2)12-15-4-5-17-11-19(27-3)9-6-16(17)10-15/h4-6,9-11,18H,7-8,12-13H2,1-3H3. The second kappa shape index (κ2) is 7.83. The van der Waals surface area contributed by atoms with Crippen LogP contribution in [0.1, 0.15) is 30.3 Å². The van der Waals surface area contributed by atoms with E-state index in [1.807, 2.05) is 32.2 Å². The second-order valence-electron chi connectivity index (χ2n) is 7.22. The van der Waals surface area contributed by atoms with Gasteiger partial charge in [-0.15, -0.1) is 10.2 Å². The third-order valence-corrected chi connectivity index (χ3v) is 5.96. The Morgan fingerprint density at radius 3 is 2.71 bits per heavy atom. The predicted octanol–water partition coefficient (Wildman–Crippen LogP) is 3.83.